The van der Waals surface area contributed by atoms with Crippen LogP contribution in [0, 0.1) is 5.82 Å². The maximum atomic E-state index is 13.6. The second kappa shape index (κ2) is 9.63. The normalized spacial score (nSPS) is 11.7. The van der Waals surface area contributed by atoms with Crippen molar-refractivity contribution < 1.29 is 22.3 Å². The maximum absolute atomic E-state index is 13.6. The largest absolute Gasteiger partial charge is 0.494 e. The van der Waals surface area contributed by atoms with Crippen molar-refractivity contribution in [3.8, 4) is 16.9 Å². The predicted molar refractivity (Wildman–Crippen MR) is 123 cm³/mol. The highest BCUT2D eigenvalue weighted by atomic mass is 19.4. The second-order valence-corrected chi connectivity index (χ2v) is 7.84. The van der Waals surface area contributed by atoms with Gasteiger partial charge in [-0.15, -0.1) is 0 Å². The minimum atomic E-state index is -4.39. The molecular weight excluding hydrogens is 430 g/mol. The molecule has 0 saturated heterocycles. The van der Waals surface area contributed by atoms with Gasteiger partial charge in [0.15, 0.2) is 11.6 Å². The Morgan fingerprint density at radius 3 is 2.45 bits per heavy atom. The monoisotopic (exact) mass is 453 g/mol. The van der Waals surface area contributed by atoms with Crippen molar-refractivity contribution in [3.63, 3.8) is 0 Å². The third kappa shape index (κ3) is 5.34. The summed E-state index contributed by atoms with van der Waals surface area (Å²) in [6, 6.07) is 21.9. The molecule has 170 valence electrons. The lowest BCUT2D eigenvalue weighted by Gasteiger charge is -2.14. The fraction of sp³-hybridized carbons (Fsp3) is 0.185. The first-order valence-electron chi connectivity index (χ1n) is 10.6. The molecule has 0 heterocycles. The number of methoxy groups -OCH3 is 1. The van der Waals surface area contributed by atoms with Gasteiger partial charge in [-0.2, -0.15) is 13.2 Å². The van der Waals surface area contributed by atoms with Crippen LogP contribution in [0.25, 0.3) is 21.9 Å². The van der Waals surface area contributed by atoms with E-state index in [2.05, 4.69) is 5.32 Å². The van der Waals surface area contributed by atoms with Gasteiger partial charge in [-0.1, -0.05) is 42.5 Å². The minimum Gasteiger partial charge on any atom is -0.494 e. The predicted octanol–water partition coefficient (Wildman–Crippen LogP) is 7.01. The van der Waals surface area contributed by atoms with Crippen molar-refractivity contribution in [2.24, 2.45) is 0 Å². The molecule has 6 heteroatoms. The van der Waals surface area contributed by atoms with E-state index in [1.807, 2.05) is 36.4 Å². The molecule has 0 aliphatic carbocycles. The first-order chi connectivity index (χ1) is 15.8. The molecule has 4 aromatic rings. The number of ether oxygens (including phenoxy) is 1. The molecule has 0 saturated carbocycles. The number of rotatable bonds is 7. The molecule has 0 aliphatic rings. The quantitative estimate of drug-likeness (QED) is 0.240. The summed E-state index contributed by atoms with van der Waals surface area (Å²) in [6.07, 6.45) is -3.71. The van der Waals surface area contributed by atoms with Crippen LogP contribution in [0.15, 0.2) is 78.9 Å². The molecule has 0 spiro atoms. The number of hydrogen-bond acceptors (Lipinski definition) is 2. The Morgan fingerprint density at radius 2 is 1.67 bits per heavy atom. The summed E-state index contributed by atoms with van der Waals surface area (Å²) in [6.45, 7) is 1.20. The van der Waals surface area contributed by atoms with Crippen LogP contribution in [0.1, 0.15) is 16.7 Å². The SMILES string of the molecule is COc1cc(CCNCc2cc(-c3cccc(C(F)(F)F)c3)c3ccccc3c2)ccc1F. The Kier molecular flexibility index (Phi) is 6.65. The summed E-state index contributed by atoms with van der Waals surface area (Å²) < 4.78 is 58.4. The van der Waals surface area contributed by atoms with Gasteiger partial charge >= 0.3 is 6.18 Å². The van der Waals surface area contributed by atoms with E-state index in [4.69, 9.17) is 4.74 Å². The lowest BCUT2D eigenvalue weighted by molar-refractivity contribution is -0.137. The number of benzene rings is 4. The highest BCUT2D eigenvalue weighted by molar-refractivity contribution is 5.97. The second-order valence-electron chi connectivity index (χ2n) is 7.84. The van der Waals surface area contributed by atoms with Crippen molar-refractivity contribution in [1.29, 1.82) is 0 Å². The molecular formula is C27H23F4NO. The third-order valence-electron chi connectivity index (χ3n) is 5.56. The van der Waals surface area contributed by atoms with Crippen molar-refractivity contribution in [1.82, 2.24) is 5.32 Å². The van der Waals surface area contributed by atoms with Crippen LogP contribution in [0.5, 0.6) is 5.75 Å². The molecule has 0 amide bonds. The summed E-state index contributed by atoms with van der Waals surface area (Å²) in [4.78, 5) is 0. The van der Waals surface area contributed by atoms with E-state index in [1.54, 1.807) is 18.2 Å². The van der Waals surface area contributed by atoms with E-state index in [1.165, 1.54) is 25.3 Å². The van der Waals surface area contributed by atoms with Crippen LogP contribution >= 0.6 is 0 Å². The molecule has 0 bridgehead atoms. The first-order valence-corrected chi connectivity index (χ1v) is 10.6. The first kappa shape index (κ1) is 22.8. The average Bonchev–Trinajstić information content (AvgIpc) is 2.82. The standard InChI is InChI=1S/C27H23F4NO/c1-33-26-15-18(9-10-25(26)28)11-12-32-17-19-13-20-5-2-3-8-23(20)24(14-19)21-6-4-7-22(16-21)27(29,30)31/h2-10,13-16,32H,11-12,17H2,1H3. The van der Waals surface area contributed by atoms with Gasteiger partial charge in [0.05, 0.1) is 12.7 Å². The average molecular weight is 453 g/mol. The van der Waals surface area contributed by atoms with Crippen LogP contribution in [0.3, 0.4) is 0 Å². The fourth-order valence-electron chi connectivity index (χ4n) is 3.90. The minimum absolute atomic E-state index is 0.216. The Bertz CT molecular complexity index is 1270. The van der Waals surface area contributed by atoms with E-state index in [0.29, 0.717) is 25.1 Å². The Morgan fingerprint density at radius 1 is 0.848 bits per heavy atom. The van der Waals surface area contributed by atoms with Gasteiger partial charge in [-0.3, -0.25) is 0 Å². The molecule has 2 nitrogen and oxygen atoms in total. The molecule has 0 aliphatic heterocycles. The van der Waals surface area contributed by atoms with Gasteiger partial charge in [0, 0.05) is 6.54 Å². The smallest absolute Gasteiger partial charge is 0.416 e. The summed E-state index contributed by atoms with van der Waals surface area (Å²) in [7, 11) is 1.43. The number of nitrogens with one attached hydrogen (secondary N) is 1. The lowest BCUT2D eigenvalue weighted by Crippen LogP contribution is -2.16. The van der Waals surface area contributed by atoms with Crippen molar-refractivity contribution >= 4 is 10.8 Å². The highest BCUT2D eigenvalue weighted by Crippen LogP contribution is 2.35. The van der Waals surface area contributed by atoms with Gasteiger partial charge in [-0.05, 0) is 82.4 Å². The topological polar surface area (TPSA) is 21.3 Å². The van der Waals surface area contributed by atoms with Gasteiger partial charge in [0.2, 0.25) is 0 Å². The molecule has 0 fully saturated rings. The molecule has 33 heavy (non-hydrogen) atoms. The zero-order valence-electron chi connectivity index (χ0n) is 18.0. The van der Waals surface area contributed by atoms with Crippen molar-refractivity contribution in [2.45, 2.75) is 19.1 Å². The number of fused-ring (bicyclic) bond motifs is 1. The Hall–Kier alpha value is -3.38. The summed E-state index contributed by atoms with van der Waals surface area (Å²) in [5, 5.41) is 5.23. The van der Waals surface area contributed by atoms with Gasteiger partial charge < -0.3 is 10.1 Å². The van der Waals surface area contributed by atoms with Crippen LogP contribution in [-0.2, 0) is 19.1 Å². The summed E-state index contributed by atoms with van der Waals surface area (Å²) in [5.41, 5.74) is 2.55. The number of halogens is 4. The van der Waals surface area contributed by atoms with Gasteiger partial charge in [0.25, 0.3) is 0 Å². The van der Waals surface area contributed by atoms with Gasteiger partial charge in [-0.25, -0.2) is 4.39 Å². The van der Waals surface area contributed by atoms with Crippen LogP contribution in [-0.4, -0.2) is 13.7 Å². The van der Waals surface area contributed by atoms with Gasteiger partial charge in [0.1, 0.15) is 0 Å². The maximum Gasteiger partial charge on any atom is 0.416 e. The zero-order valence-corrected chi connectivity index (χ0v) is 18.0. The van der Waals surface area contributed by atoms with Crippen molar-refractivity contribution in [2.75, 3.05) is 13.7 Å². The van der Waals surface area contributed by atoms with E-state index in [-0.39, 0.29) is 5.75 Å². The molecule has 0 unspecified atom stereocenters. The lowest BCUT2D eigenvalue weighted by atomic mass is 9.94. The highest BCUT2D eigenvalue weighted by Gasteiger charge is 2.30. The number of alkyl halides is 3. The summed E-state index contributed by atoms with van der Waals surface area (Å²) in [5.74, 6) is -0.180. The summed E-state index contributed by atoms with van der Waals surface area (Å²) >= 11 is 0. The molecule has 0 atom stereocenters. The third-order valence-corrected chi connectivity index (χ3v) is 5.56. The Balaban J connectivity index is 1.55. The number of hydrogen-bond donors (Lipinski definition) is 1. The Labute approximate surface area is 189 Å². The van der Waals surface area contributed by atoms with E-state index < -0.39 is 17.6 Å². The van der Waals surface area contributed by atoms with E-state index in [0.717, 1.165) is 33.5 Å². The fourth-order valence-corrected chi connectivity index (χ4v) is 3.90. The van der Waals surface area contributed by atoms with Crippen LogP contribution in [0.2, 0.25) is 0 Å². The molecule has 4 aromatic carbocycles. The zero-order chi connectivity index (χ0) is 23.4. The molecule has 1 N–H and O–H groups in total. The van der Waals surface area contributed by atoms with Crippen LogP contribution in [0.4, 0.5) is 17.6 Å². The molecule has 0 aromatic heterocycles. The van der Waals surface area contributed by atoms with Crippen molar-refractivity contribution in [3.05, 3.63) is 101 Å². The molecule has 4 rings (SSSR count). The molecule has 0 radical (unpaired) electrons. The van der Waals surface area contributed by atoms with E-state index in [9.17, 15) is 17.6 Å². The van der Waals surface area contributed by atoms with E-state index >= 15 is 0 Å². The van der Waals surface area contributed by atoms with Crippen LogP contribution < -0.4 is 10.1 Å².